The van der Waals surface area contributed by atoms with Crippen molar-refractivity contribution >= 4 is 18.3 Å². The molecule has 1 aliphatic rings. The lowest BCUT2D eigenvalue weighted by Gasteiger charge is -2.21. The van der Waals surface area contributed by atoms with Crippen molar-refractivity contribution in [1.82, 2.24) is 4.98 Å². The highest BCUT2D eigenvalue weighted by molar-refractivity contribution is 5.99. The van der Waals surface area contributed by atoms with Crippen LogP contribution in [0.15, 0.2) is 47.5 Å². The minimum atomic E-state index is -1.23. The van der Waals surface area contributed by atoms with E-state index in [0.29, 0.717) is 25.0 Å². The van der Waals surface area contributed by atoms with Gasteiger partial charge in [0, 0.05) is 12.1 Å². The van der Waals surface area contributed by atoms with Crippen LogP contribution in [-0.2, 0) is 20.6 Å². The Morgan fingerprint density at radius 2 is 2.13 bits per heavy atom. The van der Waals surface area contributed by atoms with Crippen LogP contribution >= 0.6 is 0 Å². The number of aliphatic imine (C=N–C) groups is 1. The standard InChI is InChI=1S/C21H23N5O4.CH4/c22-12-21(13-29-20(27)28-11-9-15-4-2-1-3-5-15)10-8-18(30-21)16-6-7-17(26-16)19(24)25-14-23;/h1-7,14,18,26H,8-11,13H2,(H3,23,24,25);1H4/t18?,21-;/m1./s1. The van der Waals surface area contributed by atoms with Gasteiger partial charge >= 0.3 is 6.16 Å². The molecule has 2 heterocycles. The number of nitrogens with one attached hydrogen (secondary N) is 2. The first-order valence-corrected chi connectivity index (χ1v) is 9.49. The van der Waals surface area contributed by atoms with Gasteiger partial charge in [0.15, 0.2) is 5.60 Å². The highest BCUT2D eigenvalue weighted by Crippen LogP contribution is 2.39. The monoisotopic (exact) mass is 425 g/mol. The van der Waals surface area contributed by atoms with Crippen molar-refractivity contribution in [1.29, 1.82) is 10.7 Å². The fraction of sp³-hybridized carbons (Fsp3) is 0.364. The summed E-state index contributed by atoms with van der Waals surface area (Å²) in [6.45, 7) is -0.0228. The molecular formula is C22H27N5O4. The molecule has 164 valence electrons. The van der Waals surface area contributed by atoms with Crippen LogP contribution in [0.1, 0.15) is 43.3 Å². The molecule has 0 aliphatic carbocycles. The van der Waals surface area contributed by atoms with Gasteiger partial charge in [0.25, 0.3) is 0 Å². The third kappa shape index (κ3) is 6.17. The third-order valence-corrected chi connectivity index (χ3v) is 4.79. The molecule has 1 saturated heterocycles. The van der Waals surface area contributed by atoms with Crippen LogP contribution in [0.5, 0.6) is 0 Å². The Bertz CT molecular complexity index is 950. The first-order valence-electron chi connectivity index (χ1n) is 9.49. The number of rotatable bonds is 8. The van der Waals surface area contributed by atoms with Crippen LogP contribution in [0.2, 0.25) is 0 Å². The fourth-order valence-electron chi connectivity index (χ4n) is 3.20. The van der Waals surface area contributed by atoms with E-state index in [1.54, 1.807) is 12.1 Å². The van der Waals surface area contributed by atoms with Crippen LogP contribution < -0.4 is 5.73 Å². The third-order valence-electron chi connectivity index (χ3n) is 4.79. The summed E-state index contributed by atoms with van der Waals surface area (Å²) in [7, 11) is 0. The maximum atomic E-state index is 11.9. The fourth-order valence-corrected chi connectivity index (χ4v) is 3.20. The second-order valence-corrected chi connectivity index (χ2v) is 6.84. The highest BCUT2D eigenvalue weighted by atomic mass is 16.7. The Kier molecular flexibility index (Phi) is 8.34. The van der Waals surface area contributed by atoms with E-state index >= 15 is 0 Å². The Hall–Kier alpha value is -3.64. The molecule has 2 aromatic rings. The van der Waals surface area contributed by atoms with Gasteiger partial charge in [0.05, 0.1) is 18.4 Å². The molecule has 31 heavy (non-hydrogen) atoms. The number of hydrogen-bond acceptors (Lipinski definition) is 6. The van der Waals surface area contributed by atoms with Gasteiger partial charge in [0.1, 0.15) is 24.9 Å². The van der Waals surface area contributed by atoms with Crippen molar-refractivity contribution in [2.24, 2.45) is 10.7 Å². The van der Waals surface area contributed by atoms with Crippen LogP contribution in [0.4, 0.5) is 4.79 Å². The van der Waals surface area contributed by atoms with E-state index in [1.807, 2.05) is 30.3 Å². The van der Waals surface area contributed by atoms with E-state index in [0.717, 1.165) is 17.6 Å². The zero-order chi connectivity index (χ0) is 21.4. The number of carbonyl (C=O) groups excluding carboxylic acids is 1. The minimum absolute atomic E-state index is 0. The second-order valence-electron chi connectivity index (χ2n) is 6.84. The van der Waals surface area contributed by atoms with Gasteiger partial charge in [-0.15, -0.1) is 0 Å². The summed E-state index contributed by atoms with van der Waals surface area (Å²) < 4.78 is 16.1. The van der Waals surface area contributed by atoms with Crippen LogP contribution in [0.3, 0.4) is 0 Å². The number of nitriles is 1. The molecule has 9 nitrogen and oxygen atoms in total. The molecule has 1 fully saturated rings. The van der Waals surface area contributed by atoms with Gasteiger partial charge < -0.3 is 24.9 Å². The predicted molar refractivity (Wildman–Crippen MR) is 116 cm³/mol. The lowest BCUT2D eigenvalue weighted by molar-refractivity contribution is -0.0543. The van der Waals surface area contributed by atoms with Crippen molar-refractivity contribution in [3.63, 3.8) is 0 Å². The van der Waals surface area contributed by atoms with E-state index in [1.165, 1.54) is 0 Å². The Morgan fingerprint density at radius 1 is 1.35 bits per heavy atom. The summed E-state index contributed by atoms with van der Waals surface area (Å²) in [5.74, 6) is 0.183. The van der Waals surface area contributed by atoms with E-state index in [9.17, 15) is 10.1 Å². The van der Waals surface area contributed by atoms with Crippen molar-refractivity contribution in [3.05, 3.63) is 59.4 Å². The maximum absolute atomic E-state index is 11.9. The van der Waals surface area contributed by atoms with Gasteiger partial charge in [-0.25, -0.2) is 9.79 Å². The molecular weight excluding hydrogens is 398 g/mol. The molecule has 3 rings (SSSR count). The number of nitrogens with two attached hydrogens (primary N) is 1. The zero-order valence-corrected chi connectivity index (χ0v) is 16.3. The quantitative estimate of drug-likeness (QED) is 0.335. The summed E-state index contributed by atoms with van der Waals surface area (Å²) in [5, 5.41) is 16.6. The molecule has 2 atom stereocenters. The number of aromatic nitrogens is 1. The van der Waals surface area contributed by atoms with E-state index < -0.39 is 11.8 Å². The number of hydrogen-bond donors (Lipinski definition) is 3. The highest BCUT2D eigenvalue weighted by Gasteiger charge is 2.43. The first kappa shape index (κ1) is 23.6. The van der Waals surface area contributed by atoms with Crippen LogP contribution in [0, 0.1) is 16.7 Å². The normalized spacial score (nSPS) is 20.4. The summed E-state index contributed by atoms with van der Waals surface area (Å²) >= 11 is 0. The lowest BCUT2D eigenvalue weighted by atomic mass is 10.0. The topological polar surface area (TPSA) is 147 Å². The molecule has 0 saturated carbocycles. The number of ether oxygens (including phenoxy) is 3. The summed E-state index contributed by atoms with van der Waals surface area (Å²) in [5.41, 5.74) is 6.87. The van der Waals surface area contributed by atoms with Gasteiger partial charge in [-0.1, -0.05) is 37.8 Å². The Morgan fingerprint density at radius 3 is 2.84 bits per heavy atom. The summed E-state index contributed by atoms with van der Waals surface area (Å²) in [6, 6.07) is 15.3. The maximum Gasteiger partial charge on any atom is 0.508 e. The Labute approximate surface area is 181 Å². The molecule has 0 bridgehead atoms. The Balaban J connectivity index is 0.00000341. The predicted octanol–water partition coefficient (Wildman–Crippen LogP) is 3.47. The van der Waals surface area contributed by atoms with Crippen molar-refractivity contribution in [2.75, 3.05) is 13.2 Å². The molecule has 1 aliphatic heterocycles. The van der Waals surface area contributed by atoms with Gasteiger partial charge in [0.2, 0.25) is 0 Å². The first-order chi connectivity index (χ1) is 14.5. The smallest absolute Gasteiger partial charge is 0.434 e. The van der Waals surface area contributed by atoms with E-state index in [2.05, 4.69) is 16.0 Å². The number of benzene rings is 1. The molecule has 0 spiro atoms. The molecule has 1 aromatic carbocycles. The minimum Gasteiger partial charge on any atom is -0.434 e. The van der Waals surface area contributed by atoms with Crippen LogP contribution in [-0.4, -0.2) is 42.1 Å². The molecule has 1 aromatic heterocycles. The molecule has 4 N–H and O–H groups in total. The average molecular weight is 425 g/mol. The number of amidine groups is 1. The molecule has 0 radical (unpaired) electrons. The molecule has 9 heteroatoms. The van der Waals surface area contributed by atoms with Crippen LogP contribution in [0.25, 0.3) is 0 Å². The zero-order valence-electron chi connectivity index (χ0n) is 16.3. The van der Waals surface area contributed by atoms with Gasteiger partial charge in [-0.2, -0.15) is 5.26 Å². The van der Waals surface area contributed by atoms with Crippen molar-refractivity contribution in [3.8, 4) is 6.07 Å². The SMILES string of the molecule is C.N#C[C@@]1(COC(=O)OCCc2ccccc2)CCC(c2ccc(C(N)=NC=N)[nH]2)O1. The lowest BCUT2D eigenvalue weighted by Crippen LogP contribution is -2.33. The number of H-pyrrole nitrogens is 1. The van der Waals surface area contributed by atoms with E-state index in [-0.39, 0.29) is 32.6 Å². The van der Waals surface area contributed by atoms with Gasteiger partial charge in [-0.05, 0) is 30.5 Å². The van der Waals surface area contributed by atoms with Gasteiger partial charge in [-0.3, -0.25) is 5.41 Å². The molecule has 1 unspecified atom stereocenters. The van der Waals surface area contributed by atoms with Crippen molar-refractivity contribution < 1.29 is 19.0 Å². The number of carbonyl (C=O) groups is 1. The number of nitrogens with zero attached hydrogens (tertiary/aromatic N) is 2. The second kappa shape index (κ2) is 10.9. The summed E-state index contributed by atoms with van der Waals surface area (Å²) in [6.07, 6.45) is 1.22. The van der Waals surface area contributed by atoms with Crippen molar-refractivity contribution in [2.45, 2.75) is 38.4 Å². The summed E-state index contributed by atoms with van der Waals surface area (Å²) in [4.78, 5) is 18.7. The largest absolute Gasteiger partial charge is 0.508 e. The molecule has 0 amide bonds. The number of aromatic amines is 1. The van der Waals surface area contributed by atoms with E-state index in [4.69, 9.17) is 25.4 Å². The average Bonchev–Trinajstić information content (AvgIpc) is 3.41.